The summed E-state index contributed by atoms with van der Waals surface area (Å²) in [4.78, 5) is 14.9. The minimum absolute atomic E-state index is 0.0341. The number of pyridine rings is 1. The van der Waals surface area contributed by atoms with Crippen molar-refractivity contribution in [3.63, 3.8) is 0 Å². The molecule has 13 heavy (non-hydrogen) atoms. The molecule has 0 spiro atoms. The molecule has 0 radical (unpaired) electrons. The van der Waals surface area contributed by atoms with E-state index in [1.165, 1.54) is 0 Å². The average Bonchev–Trinajstić information content (AvgIpc) is 2.17. The molecule has 1 heterocycles. The van der Waals surface area contributed by atoms with E-state index in [1.807, 2.05) is 12.1 Å². The first-order valence-electron chi connectivity index (χ1n) is 4.09. The van der Waals surface area contributed by atoms with Crippen LogP contribution in [0, 0.1) is 0 Å². The van der Waals surface area contributed by atoms with Crippen molar-refractivity contribution in [2.45, 2.75) is 13.0 Å². The van der Waals surface area contributed by atoms with Gasteiger partial charge in [0.25, 0.3) is 0 Å². The number of amides is 1. The maximum Gasteiger partial charge on any atom is 0.221 e. The molecule has 1 rings (SSSR count). The number of carbonyl (C=O) groups is 1. The summed E-state index contributed by atoms with van der Waals surface area (Å²) in [7, 11) is 0. The van der Waals surface area contributed by atoms with Gasteiger partial charge in [0.1, 0.15) is 0 Å². The highest BCUT2D eigenvalue weighted by Crippen LogP contribution is 1.95. The molecular weight excluding hydrogens is 184 g/mol. The van der Waals surface area contributed by atoms with Gasteiger partial charge in [-0.2, -0.15) is 12.6 Å². The minimum atomic E-state index is 0.0341. The normalized spacial score (nSPS) is 9.62. The Labute approximate surface area is 83.0 Å². The molecule has 0 aromatic carbocycles. The summed E-state index contributed by atoms with van der Waals surface area (Å²) in [6.45, 7) is 0.565. The molecule has 1 amide bonds. The van der Waals surface area contributed by atoms with Gasteiger partial charge in [-0.1, -0.05) is 0 Å². The molecule has 0 aliphatic heterocycles. The molecular formula is C9H12N2OS. The van der Waals surface area contributed by atoms with Gasteiger partial charge in [-0.25, -0.2) is 0 Å². The molecule has 0 atom stereocenters. The molecule has 0 fully saturated rings. The maximum atomic E-state index is 11.0. The van der Waals surface area contributed by atoms with E-state index in [1.54, 1.807) is 12.4 Å². The number of nitrogens with one attached hydrogen (secondary N) is 1. The van der Waals surface area contributed by atoms with Gasteiger partial charge in [0, 0.05) is 25.4 Å². The van der Waals surface area contributed by atoms with E-state index in [9.17, 15) is 4.79 Å². The first-order chi connectivity index (χ1) is 6.33. The highest BCUT2D eigenvalue weighted by Gasteiger charge is 1.98. The van der Waals surface area contributed by atoms with E-state index in [2.05, 4.69) is 22.9 Å². The highest BCUT2D eigenvalue weighted by atomic mass is 32.1. The topological polar surface area (TPSA) is 42.0 Å². The molecule has 0 aliphatic carbocycles. The van der Waals surface area contributed by atoms with Crippen LogP contribution < -0.4 is 5.32 Å². The van der Waals surface area contributed by atoms with Gasteiger partial charge in [0.15, 0.2) is 0 Å². The highest BCUT2D eigenvalue weighted by molar-refractivity contribution is 7.80. The van der Waals surface area contributed by atoms with Gasteiger partial charge in [0.05, 0.1) is 0 Å². The fraction of sp³-hybridized carbons (Fsp3) is 0.333. The van der Waals surface area contributed by atoms with Gasteiger partial charge in [0.2, 0.25) is 5.91 Å². The van der Waals surface area contributed by atoms with Gasteiger partial charge in [-0.05, 0) is 23.4 Å². The number of carbonyl (C=O) groups excluding carboxylic acids is 1. The van der Waals surface area contributed by atoms with Crippen LogP contribution in [0.25, 0.3) is 0 Å². The Hall–Kier alpha value is -1.03. The lowest BCUT2D eigenvalue weighted by Gasteiger charge is -2.02. The number of hydrogen-bond donors (Lipinski definition) is 2. The van der Waals surface area contributed by atoms with Crippen LogP contribution in [0.2, 0.25) is 0 Å². The van der Waals surface area contributed by atoms with E-state index in [4.69, 9.17) is 0 Å². The second-order valence-corrected chi connectivity index (χ2v) is 3.05. The predicted molar refractivity (Wildman–Crippen MR) is 54.6 cm³/mol. The lowest BCUT2D eigenvalue weighted by molar-refractivity contribution is -0.120. The smallest absolute Gasteiger partial charge is 0.221 e. The van der Waals surface area contributed by atoms with Crippen LogP contribution in [-0.2, 0) is 11.3 Å². The molecule has 4 heteroatoms. The standard InChI is InChI=1S/C9H12N2OS/c12-9(3-6-13)11-7-8-1-4-10-5-2-8/h1-2,4-5,13H,3,6-7H2,(H,11,12). The summed E-state index contributed by atoms with van der Waals surface area (Å²) in [5, 5.41) is 2.78. The van der Waals surface area contributed by atoms with Crippen LogP contribution in [0.5, 0.6) is 0 Å². The second-order valence-electron chi connectivity index (χ2n) is 2.61. The van der Waals surface area contributed by atoms with E-state index >= 15 is 0 Å². The van der Waals surface area contributed by atoms with E-state index in [0.29, 0.717) is 18.7 Å². The molecule has 0 saturated heterocycles. The molecule has 1 aromatic heterocycles. The first kappa shape index (κ1) is 10.1. The molecule has 70 valence electrons. The van der Waals surface area contributed by atoms with E-state index < -0.39 is 0 Å². The quantitative estimate of drug-likeness (QED) is 0.706. The first-order valence-corrected chi connectivity index (χ1v) is 4.72. The monoisotopic (exact) mass is 196 g/mol. The molecule has 1 aromatic rings. The summed E-state index contributed by atoms with van der Waals surface area (Å²) in [6.07, 6.45) is 3.88. The Morgan fingerprint density at radius 1 is 1.46 bits per heavy atom. The largest absolute Gasteiger partial charge is 0.352 e. The fourth-order valence-electron chi connectivity index (χ4n) is 0.891. The lowest BCUT2D eigenvalue weighted by Crippen LogP contribution is -2.22. The zero-order valence-electron chi connectivity index (χ0n) is 7.23. The predicted octanol–water partition coefficient (Wildman–Crippen LogP) is 1.02. The fourth-order valence-corrected chi connectivity index (χ4v) is 1.09. The van der Waals surface area contributed by atoms with Crippen LogP contribution in [-0.4, -0.2) is 16.6 Å². The Bertz CT molecular complexity index is 264. The summed E-state index contributed by atoms with van der Waals surface area (Å²) in [5.41, 5.74) is 1.06. The Morgan fingerprint density at radius 3 is 2.77 bits per heavy atom. The number of rotatable bonds is 4. The van der Waals surface area contributed by atoms with E-state index in [-0.39, 0.29) is 5.91 Å². The maximum absolute atomic E-state index is 11.0. The third-order valence-corrected chi connectivity index (χ3v) is 1.80. The Kier molecular flexibility index (Phi) is 4.32. The summed E-state index contributed by atoms with van der Waals surface area (Å²) < 4.78 is 0. The average molecular weight is 196 g/mol. The van der Waals surface area contributed by atoms with E-state index in [0.717, 1.165) is 5.56 Å². The van der Waals surface area contributed by atoms with Crippen molar-refractivity contribution in [1.82, 2.24) is 10.3 Å². The summed E-state index contributed by atoms with van der Waals surface area (Å²) in [5.74, 6) is 0.620. The Morgan fingerprint density at radius 2 is 2.15 bits per heavy atom. The SMILES string of the molecule is O=C(CCS)NCc1ccncc1. The zero-order valence-corrected chi connectivity index (χ0v) is 8.13. The number of aromatic nitrogens is 1. The number of nitrogens with zero attached hydrogens (tertiary/aromatic N) is 1. The minimum Gasteiger partial charge on any atom is -0.352 e. The van der Waals surface area contributed by atoms with Crippen molar-refractivity contribution in [1.29, 1.82) is 0 Å². The molecule has 3 nitrogen and oxygen atoms in total. The number of hydrogen-bond acceptors (Lipinski definition) is 3. The van der Waals surface area contributed by atoms with Gasteiger partial charge >= 0.3 is 0 Å². The molecule has 1 N–H and O–H groups in total. The third kappa shape index (κ3) is 3.94. The van der Waals surface area contributed by atoms with Gasteiger partial charge in [-0.3, -0.25) is 9.78 Å². The molecule has 0 aliphatic rings. The summed E-state index contributed by atoms with van der Waals surface area (Å²) >= 11 is 3.97. The van der Waals surface area contributed by atoms with Gasteiger partial charge in [-0.15, -0.1) is 0 Å². The van der Waals surface area contributed by atoms with Crippen molar-refractivity contribution in [3.8, 4) is 0 Å². The molecule has 0 unspecified atom stereocenters. The van der Waals surface area contributed by atoms with Gasteiger partial charge < -0.3 is 5.32 Å². The van der Waals surface area contributed by atoms with Crippen LogP contribution in [0.4, 0.5) is 0 Å². The van der Waals surface area contributed by atoms with Crippen molar-refractivity contribution in [3.05, 3.63) is 30.1 Å². The third-order valence-electron chi connectivity index (χ3n) is 1.58. The molecule has 0 saturated carbocycles. The zero-order chi connectivity index (χ0) is 9.52. The van der Waals surface area contributed by atoms with Crippen molar-refractivity contribution in [2.75, 3.05) is 5.75 Å². The van der Waals surface area contributed by atoms with Crippen LogP contribution in [0.15, 0.2) is 24.5 Å². The molecule has 0 bridgehead atoms. The summed E-state index contributed by atoms with van der Waals surface area (Å²) in [6, 6.07) is 3.75. The van der Waals surface area contributed by atoms with Crippen molar-refractivity contribution < 1.29 is 4.79 Å². The Balaban J connectivity index is 2.31. The lowest BCUT2D eigenvalue weighted by atomic mass is 10.2. The van der Waals surface area contributed by atoms with Crippen LogP contribution in [0.3, 0.4) is 0 Å². The van der Waals surface area contributed by atoms with Crippen LogP contribution >= 0.6 is 12.6 Å². The second kappa shape index (κ2) is 5.59. The van der Waals surface area contributed by atoms with Crippen LogP contribution in [0.1, 0.15) is 12.0 Å². The number of thiol groups is 1. The van der Waals surface area contributed by atoms with Crippen molar-refractivity contribution >= 4 is 18.5 Å². The van der Waals surface area contributed by atoms with Crippen molar-refractivity contribution in [2.24, 2.45) is 0 Å².